The van der Waals surface area contributed by atoms with E-state index >= 15 is 0 Å². The fraction of sp³-hybridized carbons (Fsp3) is 0.364. The van der Waals surface area contributed by atoms with E-state index in [4.69, 9.17) is 11.6 Å². The van der Waals surface area contributed by atoms with Gasteiger partial charge in [0.15, 0.2) is 0 Å². The maximum Gasteiger partial charge on any atom is 0.248 e. The average Bonchev–Trinajstić information content (AvgIpc) is 2.63. The van der Waals surface area contributed by atoms with Gasteiger partial charge in [0.25, 0.3) is 0 Å². The minimum Gasteiger partial charge on any atom is -0.339 e. The number of carbonyl (C=O) groups is 2. The Hall–Kier alpha value is -2.33. The van der Waals surface area contributed by atoms with E-state index in [2.05, 4.69) is 0 Å². The minimum absolute atomic E-state index is 0.000783. The van der Waals surface area contributed by atoms with E-state index in [1.165, 1.54) is 5.56 Å². The molecule has 1 saturated heterocycles. The van der Waals surface area contributed by atoms with Gasteiger partial charge in [-0.1, -0.05) is 53.6 Å². The number of halogens is 1. The van der Waals surface area contributed by atoms with Crippen molar-refractivity contribution < 1.29 is 9.59 Å². The van der Waals surface area contributed by atoms with E-state index < -0.39 is 5.54 Å². The molecule has 0 saturated carbocycles. The molecule has 27 heavy (non-hydrogen) atoms. The molecule has 0 aliphatic carbocycles. The SMILES string of the molecule is Cc1ccc(CC(=O)N2CCC2(C)C(=O)N(C)Cc2ccc(Cl)cc2)cc1. The molecule has 2 amide bonds. The molecule has 1 heterocycles. The van der Waals surface area contributed by atoms with E-state index in [0.717, 1.165) is 11.1 Å². The van der Waals surface area contributed by atoms with E-state index in [9.17, 15) is 9.59 Å². The Morgan fingerprint density at radius 1 is 1.07 bits per heavy atom. The Morgan fingerprint density at radius 3 is 2.22 bits per heavy atom. The molecule has 1 fully saturated rings. The summed E-state index contributed by atoms with van der Waals surface area (Å²) < 4.78 is 0. The highest BCUT2D eigenvalue weighted by molar-refractivity contribution is 6.30. The monoisotopic (exact) mass is 384 g/mol. The third-order valence-corrected chi connectivity index (χ3v) is 5.59. The number of hydrogen-bond donors (Lipinski definition) is 0. The van der Waals surface area contributed by atoms with Crippen LogP contribution in [-0.4, -0.2) is 40.7 Å². The van der Waals surface area contributed by atoms with Crippen molar-refractivity contribution in [2.45, 2.75) is 38.8 Å². The number of hydrogen-bond acceptors (Lipinski definition) is 2. The van der Waals surface area contributed by atoms with Crippen LogP contribution in [0.5, 0.6) is 0 Å². The van der Waals surface area contributed by atoms with Crippen LogP contribution in [0.3, 0.4) is 0 Å². The molecular formula is C22H25ClN2O2. The third-order valence-electron chi connectivity index (χ3n) is 5.34. The lowest BCUT2D eigenvalue weighted by atomic mass is 9.84. The second-order valence-corrected chi connectivity index (χ2v) is 7.96. The quantitative estimate of drug-likeness (QED) is 0.785. The molecule has 1 aliphatic rings. The summed E-state index contributed by atoms with van der Waals surface area (Å²) >= 11 is 5.92. The van der Waals surface area contributed by atoms with Crippen molar-refractivity contribution >= 4 is 23.4 Å². The van der Waals surface area contributed by atoms with Gasteiger partial charge in [-0.25, -0.2) is 0 Å². The molecule has 2 aromatic carbocycles. The third kappa shape index (κ3) is 4.16. The lowest BCUT2D eigenvalue weighted by Crippen LogP contribution is -2.67. The summed E-state index contributed by atoms with van der Waals surface area (Å²) in [7, 11) is 1.78. The molecule has 1 aliphatic heterocycles. The van der Waals surface area contributed by atoms with Crippen LogP contribution < -0.4 is 0 Å². The average molecular weight is 385 g/mol. The second-order valence-electron chi connectivity index (χ2n) is 7.52. The molecule has 4 nitrogen and oxygen atoms in total. The Labute approximate surface area is 165 Å². The first kappa shape index (κ1) is 19.4. The Kier molecular flexibility index (Phi) is 5.56. The fourth-order valence-corrected chi connectivity index (χ4v) is 3.63. The van der Waals surface area contributed by atoms with Crippen LogP contribution in [-0.2, 0) is 22.6 Å². The van der Waals surface area contributed by atoms with E-state index in [1.54, 1.807) is 16.8 Å². The number of likely N-dealkylation sites (tertiary alicyclic amines) is 1. The summed E-state index contributed by atoms with van der Waals surface area (Å²) in [6.45, 7) is 5.00. The van der Waals surface area contributed by atoms with Crippen molar-refractivity contribution in [3.8, 4) is 0 Å². The number of nitrogens with zero attached hydrogens (tertiary/aromatic N) is 2. The number of rotatable bonds is 5. The number of benzene rings is 2. The zero-order valence-corrected chi connectivity index (χ0v) is 16.8. The van der Waals surface area contributed by atoms with Gasteiger partial charge in [-0.2, -0.15) is 0 Å². The largest absolute Gasteiger partial charge is 0.339 e. The first-order chi connectivity index (χ1) is 12.8. The first-order valence-electron chi connectivity index (χ1n) is 9.15. The number of likely N-dealkylation sites (N-methyl/N-ethyl adjacent to an activating group) is 1. The lowest BCUT2D eigenvalue weighted by molar-refractivity contribution is -0.163. The molecule has 0 bridgehead atoms. The van der Waals surface area contributed by atoms with Crippen LogP contribution in [0.25, 0.3) is 0 Å². The van der Waals surface area contributed by atoms with Gasteiger partial charge in [0, 0.05) is 25.2 Å². The maximum absolute atomic E-state index is 13.0. The fourth-order valence-electron chi connectivity index (χ4n) is 3.50. The van der Waals surface area contributed by atoms with Gasteiger partial charge in [-0.3, -0.25) is 9.59 Å². The molecule has 0 aromatic heterocycles. The van der Waals surface area contributed by atoms with Gasteiger partial charge in [-0.05, 0) is 43.5 Å². The summed E-state index contributed by atoms with van der Waals surface area (Å²) in [5.41, 5.74) is 2.39. The summed E-state index contributed by atoms with van der Waals surface area (Å²) in [6, 6.07) is 15.4. The molecule has 142 valence electrons. The zero-order valence-electron chi connectivity index (χ0n) is 16.0. The Morgan fingerprint density at radius 2 is 1.67 bits per heavy atom. The molecule has 0 N–H and O–H groups in total. The second kappa shape index (κ2) is 7.73. The highest BCUT2D eigenvalue weighted by Crippen LogP contribution is 2.33. The summed E-state index contributed by atoms with van der Waals surface area (Å²) in [4.78, 5) is 29.2. The molecular weight excluding hydrogens is 360 g/mol. The van der Waals surface area contributed by atoms with Gasteiger partial charge >= 0.3 is 0 Å². The molecule has 1 unspecified atom stereocenters. The van der Waals surface area contributed by atoms with Crippen molar-refractivity contribution in [3.05, 3.63) is 70.2 Å². The van der Waals surface area contributed by atoms with Crippen LogP contribution in [0.1, 0.15) is 30.0 Å². The lowest BCUT2D eigenvalue weighted by Gasteiger charge is -2.50. The van der Waals surface area contributed by atoms with E-state index in [0.29, 0.717) is 31.0 Å². The number of carbonyl (C=O) groups excluding carboxylic acids is 2. The smallest absolute Gasteiger partial charge is 0.248 e. The maximum atomic E-state index is 13.0. The van der Waals surface area contributed by atoms with Gasteiger partial charge in [0.1, 0.15) is 5.54 Å². The highest BCUT2D eigenvalue weighted by atomic mass is 35.5. The molecule has 1 atom stereocenters. The van der Waals surface area contributed by atoms with Gasteiger partial charge in [0.05, 0.1) is 6.42 Å². The van der Waals surface area contributed by atoms with Crippen LogP contribution in [0.15, 0.2) is 48.5 Å². The molecule has 2 aromatic rings. The van der Waals surface area contributed by atoms with Crippen molar-refractivity contribution in [2.24, 2.45) is 0 Å². The zero-order chi connectivity index (χ0) is 19.6. The molecule has 5 heteroatoms. The minimum atomic E-state index is -0.761. The molecule has 0 spiro atoms. The summed E-state index contributed by atoms with van der Waals surface area (Å²) in [5.74, 6) is -0.0261. The highest BCUT2D eigenvalue weighted by Gasteiger charge is 2.50. The van der Waals surface area contributed by atoms with Crippen molar-refractivity contribution in [1.82, 2.24) is 9.80 Å². The van der Waals surface area contributed by atoms with Crippen molar-refractivity contribution in [3.63, 3.8) is 0 Å². The van der Waals surface area contributed by atoms with Crippen LogP contribution in [0.4, 0.5) is 0 Å². The first-order valence-corrected chi connectivity index (χ1v) is 9.53. The van der Waals surface area contributed by atoms with Gasteiger partial charge < -0.3 is 9.80 Å². The Bertz CT molecular complexity index is 832. The normalized spacial score (nSPS) is 18.7. The summed E-state index contributed by atoms with van der Waals surface area (Å²) in [6.07, 6.45) is 1.01. The Balaban J connectivity index is 1.65. The van der Waals surface area contributed by atoms with Crippen LogP contribution in [0, 0.1) is 6.92 Å². The standard InChI is InChI=1S/C22H25ClN2O2/c1-16-4-6-17(7-5-16)14-20(26)25-13-12-22(25,2)21(27)24(3)15-18-8-10-19(23)11-9-18/h4-11H,12-15H2,1-3H3. The van der Waals surface area contributed by atoms with E-state index in [1.807, 2.05) is 62.4 Å². The molecule has 3 rings (SSSR count). The number of aryl methyl sites for hydroxylation is 1. The predicted molar refractivity (Wildman–Crippen MR) is 108 cm³/mol. The molecule has 0 radical (unpaired) electrons. The van der Waals surface area contributed by atoms with Crippen LogP contribution in [0.2, 0.25) is 5.02 Å². The predicted octanol–water partition coefficient (Wildman–Crippen LogP) is 3.84. The number of amides is 2. The summed E-state index contributed by atoms with van der Waals surface area (Å²) in [5, 5.41) is 0.673. The van der Waals surface area contributed by atoms with Gasteiger partial charge in [0.2, 0.25) is 11.8 Å². The van der Waals surface area contributed by atoms with Gasteiger partial charge in [-0.15, -0.1) is 0 Å². The van der Waals surface area contributed by atoms with Crippen molar-refractivity contribution in [1.29, 1.82) is 0 Å². The van der Waals surface area contributed by atoms with E-state index in [-0.39, 0.29) is 11.8 Å². The topological polar surface area (TPSA) is 40.6 Å². The van der Waals surface area contributed by atoms with Crippen LogP contribution >= 0.6 is 11.6 Å². The van der Waals surface area contributed by atoms with Crippen molar-refractivity contribution in [2.75, 3.05) is 13.6 Å².